The number of hydrogen-bond acceptors (Lipinski definition) is 4. The van der Waals surface area contributed by atoms with E-state index in [0.29, 0.717) is 18.1 Å². The number of halogens is 1. The molecular weight excluding hydrogens is 375 g/mol. The van der Waals surface area contributed by atoms with Crippen molar-refractivity contribution in [2.45, 2.75) is 6.92 Å². The van der Waals surface area contributed by atoms with Crippen LogP contribution in [0.5, 0.6) is 11.5 Å². The molecule has 0 saturated heterocycles. The van der Waals surface area contributed by atoms with Crippen LogP contribution >= 0.6 is 34.8 Å². The predicted molar refractivity (Wildman–Crippen MR) is 87.3 cm³/mol. The fourth-order valence-corrected chi connectivity index (χ4v) is 2.41. The summed E-state index contributed by atoms with van der Waals surface area (Å²) in [6, 6.07) is 5.63. The standard InChI is InChI=1S/C13H13IN2O2S/c1-3-18-11-6-8(4-9(7-15)13(16)19)5-10(14)12(11)17-2/h4-6H,3H2,1-2H3,(H2,16,19). The van der Waals surface area contributed by atoms with E-state index in [-0.39, 0.29) is 10.6 Å². The first-order valence-corrected chi connectivity index (χ1v) is 6.94. The third-order valence-corrected chi connectivity index (χ3v) is 3.25. The Morgan fingerprint density at radius 3 is 2.74 bits per heavy atom. The van der Waals surface area contributed by atoms with Crippen molar-refractivity contribution in [1.29, 1.82) is 5.26 Å². The summed E-state index contributed by atoms with van der Waals surface area (Å²) in [6.45, 7) is 2.42. The molecule has 1 aromatic rings. The Balaban J connectivity index is 3.32. The van der Waals surface area contributed by atoms with Gasteiger partial charge in [0.15, 0.2) is 11.5 Å². The third kappa shape index (κ3) is 4.08. The number of benzene rings is 1. The lowest BCUT2D eigenvalue weighted by molar-refractivity contribution is 0.309. The highest BCUT2D eigenvalue weighted by Gasteiger charge is 2.11. The summed E-state index contributed by atoms with van der Waals surface area (Å²) in [6.07, 6.45) is 1.63. The molecule has 4 nitrogen and oxygen atoms in total. The molecular formula is C13H13IN2O2S. The topological polar surface area (TPSA) is 68.3 Å². The molecule has 0 atom stereocenters. The summed E-state index contributed by atoms with van der Waals surface area (Å²) >= 11 is 6.96. The van der Waals surface area contributed by atoms with Crippen molar-refractivity contribution in [2.75, 3.05) is 13.7 Å². The van der Waals surface area contributed by atoms with E-state index < -0.39 is 0 Å². The van der Waals surface area contributed by atoms with Crippen molar-refractivity contribution in [2.24, 2.45) is 5.73 Å². The number of nitrogens with two attached hydrogens (primary N) is 1. The van der Waals surface area contributed by atoms with E-state index in [0.717, 1.165) is 9.13 Å². The lowest BCUT2D eigenvalue weighted by Gasteiger charge is -2.12. The monoisotopic (exact) mass is 388 g/mol. The molecule has 0 unspecified atom stereocenters. The van der Waals surface area contributed by atoms with Crippen LogP contribution in [0.4, 0.5) is 0 Å². The first kappa shape index (κ1) is 15.7. The third-order valence-electron chi connectivity index (χ3n) is 2.23. The molecule has 100 valence electrons. The minimum atomic E-state index is 0.0753. The molecule has 0 saturated carbocycles. The van der Waals surface area contributed by atoms with Crippen LogP contribution in [0.2, 0.25) is 0 Å². The smallest absolute Gasteiger partial charge is 0.174 e. The summed E-state index contributed by atoms with van der Waals surface area (Å²) in [4.78, 5) is 0.0753. The van der Waals surface area contributed by atoms with Crippen LogP contribution in [0.25, 0.3) is 6.08 Å². The van der Waals surface area contributed by atoms with Gasteiger partial charge in [0.25, 0.3) is 0 Å². The Labute approximate surface area is 131 Å². The Morgan fingerprint density at radius 1 is 1.58 bits per heavy atom. The molecule has 2 N–H and O–H groups in total. The zero-order valence-electron chi connectivity index (χ0n) is 10.6. The maximum atomic E-state index is 8.96. The lowest BCUT2D eigenvalue weighted by Crippen LogP contribution is -2.09. The van der Waals surface area contributed by atoms with Crippen LogP contribution in [-0.2, 0) is 0 Å². The van der Waals surface area contributed by atoms with E-state index in [1.165, 1.54) is 0 Å². The first-order valence-electron chi connectivity index (χ1n) is 5.45. The van der Waals surface area contributed by atoms with E-state index >= 15 is 0 Å². The predicted octanol–water partition coefficient (Wildman–Crippen LogP) is 2.89. The van der Waals surface area contributed by atoms with Gasteiger partial charge < -0.3 is 15.2 Å². The fourth-order valence-electron chi connectivity index (χ4n) is 1.46. The van der Waals surface area contributed by atoms with Crippen molar-refractivity contribution < 1.29 is 9.47 Å². The van der Waals surface area contributed by atoms with Crippen LogP contribution in [0.3, 0.4) is 0 Å². The Kier molecular flexibility index (Phi) is 6.05. The number of nitriles is 1. The number of ether oxygens (including phenoxy) is 2. The summed E-state index contributed by atoms with van der Waals surface area (Å²) in [5, 5.41) is 8.96. The Morgan fingerprint density at radius 2 is 2.26 bits per heavy atom. The first-order chi connectivity index (χ1) is 9.03. The number of methoxy groups -OCH3 is 1. The summed E-state index contributed by atoms with van der Waals surface area (Å²) < 4.78 is 11.7. The van der Waals surface area contributed by atoms with Crippen LogP contribution in [-0.4, -0.2) is 18.7 Å². The average molecular weight is 388 g/mol. The largest absolute Gasteiger partial charge is 0.492 e. The van der Waals surface area contributed by atoms with Crippen LogP contribution in [0.15, 0.2) is 17.7 Å². The zero-order chi connectivity index (χ0) is 14.4. The fraction of sp³-hybridized carbons (Fsp3) is 0.231. The molecule has 0 bridgehead atoms. The molecule has 1 rings (SSSR count). The Hall–Kier alpha value is -1.33. The maximum absolute atomic E-state index is 8.96. The molecule has 19 heavy (non-hydrogen) atoms. The molecule has 0 heterocycles. The highest BCUT2D eigenvalue weighted by atomic mass is 127. The highest BCUT2D eigenvalue weighted by Crippen LogP contribution is 2.34. The van der Waals surface area contributed by atoms with Crippen molar-refractivity contribution in [3.05, 3.63) is 26.8 Å². The molecule has 0 aliphatic heterocycles. The summed E-state index contributed by atoms with van der Waals surface area (Å²) in [5.41, 5.74) is 6.52. The van der Waals surface area contributed by atoms with Gasteiger partial charge in [-0.05, 0) is 53.3 Å². The van der Waals surface area contributed by atoms with E-state index in [1.807, 2.05) is 19.1 Å². The van der Waals surface area contributed by atoms with E-state index in [2.05, 4.69) is 22.6 Å². The minimum absolute atomic E-state index is 0.0753. The van der Waals surface area contributed by atoms with Gasteiger partial charge in [0, 0.05) is 0 Å². The van der Waals surface area contributed by atoms with Gasteiger partial charge in [-0.15, -0.1) is 0 Å². The van der Waals surface area contributed by atoms with Crippen molar-refractivity contribution in [3.8, 4) is 17.6 Å². The molecule has 6 heteroatoms. The lowest BCUT2D eigenvalue weighted by atomic mass is 10.1. The zero-order valence-corrected chi connectivity index (χ0v) is 13.5. The van der Waals surface area contributed by atoms with E-state index in [9.17, 15) is 0 Å². The molecule has 0 aliphatic rings. The molecule has 0 aliphatic carbocycles. The van der Waals surface area contributed by atoms with Crippen LogP contribution in [0, 0.1) is 14.9 Å². The van der Waals surface area contributed by atoms with Crippen molar-refractivity contribution >= 4 is 45.9 Å². The SMILES string of the molecule is CCOc1cc(C=C(C#N)C(N)=S)cc(I)c1OC. The second-order valence-corrected chi connectivity index (χ2v) is 5.10. The van der Waals surface area contributed by atoms with Gasteiger partial charge in [0.05, 0.1) is 22.9 Å². The summed E-state index contributed by atoms with van der Waals surface area (Å²) in [5.74, 6) is 1.30. The van der Waals surface area contributed by atoms with E-state index in [4.69, 9.17) is 32.7 Å². The Bertz CT molecular complexity index is 564. The number of nitrogens with zero attached hydrogens (tertiary/aromatic N) is 1. The van der Waals surface area contributed by atoms with Gasteiger partial charge in [-0.1, -0.05) is 12.2 Å². The normalized spacial score (nSPS) is 10.7. The second kappa shape index (κ2) is 7.31. The average Bonchev–Trinajstić information content (AvgIpc) is 2.35. The molecule has 0 amide bonds. The molecule has 0 aromatic heterocycles. The molecule has 0 radical (unpaired) electrons. The number of rotatable bonds is 5. The van der Waals surface area contributed by atoms with E-state index in [1.54, 1.807) is 19.3 Å². The molecule has 0 fully saturated rings. The number of hydrogen-bond donors (Lipinski definition) is 1. The van der Waals surface area contributed by atoms with Crippen LogP contribution in [0.1, 0.15) is 12.5 Å². The van der Waals surface area contributed by atoms with Gasteiger partial charge in [-0.2, -0.15) is 5.26 Å². The van der Waals surface area contributed by atoms with Gasteiger partial charge >= 0.3 is 0 Å². The van der Waals surface area contributed by atoms with Gasteiger partial charge in [-0.3, -0.25) is 0 Å². The quantitative estimate of drug-likeness (QED) is 0.364. The highest BCUT2D eigenvalue weighted by molar-refractivity contribution is 14.1. The second-order valence-electron chi connectivity index (χ2n) is 3.50. The van der Waals surface area contributed by atoms with Crippen LogP contribution < -0.4 is 15.2 Å². The van der Waals surface area contributed by atoms with Gasteiger partial charge in [0.1, 0.15) is 11.1 Å². The minimum Gasteiger partial charge on any atom is -0.492 e. The maximum Gasteiger partial charge on any atom is 0.174 e. The van der Waals surface area contributed by atoms with Gasteiger partial charge in [0.2, 0.25) is 0 Å². The molecule has 0 spiro atoms. The van der Waals surface area contributed by atoms with Gasteiger partial charge in [-0.25, -0.2) is 0 Å². The molecule has 1 aromatic carbocycles. The van der Waals surface area contributed by atoms with Crippen molar-refractivity contribution in [3.63, 3.8) is 0 Å². The van der Waals surface area contributed by atoms with Crippen molar-refractivity contribution in [1.82, 2.24) is 0 Å². The summed E-state index contributed by atoms with van der Waals surface area (Å²) in [7, 11) is 1.59. The number of thiocarbonyl (C=S) groups is 1.